The lowest BCUT2D eigenvalue weighted by molar-refractivity contribution is -0.134. The average molecular weight is 372 g/mol. The summed E-state index contributed by atoms with van der Waals surface area (Å²) in [5.41, 5.74) is 2.32. The van der Waals surface area contributed by atoms with Gasteiger partial charge < -0.3 is 15.1 Å². The zero-order valence-corrected chi connectivity index (χ0v) is 16.9. The van der Waals surface area contributed by atoms with E-state index in [2.05, 4.69) is 29.3 Å². The molecule has 0 radical (unpaired) electrons. The van der Waals surface area contributed by atoms with Crippen LogP contribution in [0.2, 0.25) is 0 Å². The molecule has 0 aliphatic carbocycles. The van der Waals surface area contributed by atoms with Crippen LogP contribution in [0.5, 0.6) is 0 Å². The number of benzene rings is 1. The molecule has 2 aliphatic rings. The monoisotopic (exact) mass is 371 g/mol. The van der Waals surface area contributed by atoms with Gasteiger partial charge in [0.2, 0.25) is 11.8 Å². The summed E-state index contributed by atoms with van der Waals surface area (Å²) in [7, 11) is 3.62. The van der Waals surface area contributed by atoms with E-state index in [1.807, 2.05) is 26.2 Å². The molecule has 2 heterocycles. The van der Waals surface area contributed by atoms with E-state index in [4.69, 9.17) is 0 Å². The highest BCUT2D eigenvalue weighted by atomic mass is 16.2. The van der Waals surface area contributed by atoms with Crippen molar-refractivity contribution in [3.63, 3.8) is 0 Å². The Morgan fingerprint density at radius 1 is 1.22 bits per heavy atom. The fourth-order valence-corrected chi connectivity index (χ4v) is 4.49. The number of hydrogen-bond donors (Lipinski definition) is 1. The van der Waals surface area contributed by atoms with Crippen molar-refractivity contribution in [3.05, 3.63) is 35.4 Å². The molecular weight excluding hydrogens is 338 g/mol. The van der Waals surface area contributed by atoms with E-state index in [0.29, 0.717) is 30.7 Å². The van der Waals surface area contributed by atoms with Gasteiger partial charge in [0, 0.05) is 39.6 Å². The Bertz CT molecular complexity index is 673. The van der Waals surface area contributed by atoms with E-state index < -0.39 is 0 Å². The summed E-state index contributed by atoms with van der Waals surface area (Å²) in [6.45, 7) is 4.78. The molecule has 1 aromatic carbocycles. The molecule has 1 aromatic rings. The Morgan fingerprint density at radius 2 is 2.00 bits per heavy atom. The number of rotatable bonds is 6. The van der Waals surface area contributed by atoms with E-state index in [-0.39, 0.29) is 11.8 Å². The van der Waals surface area contributed by atoms with Crippen molar-refractivity contribution in [1.29, 1.82) is 0 Å². The van der Waals surface area contributed by atoms with Gasteiger partial charge in [-0.15, -0.1) is 0 Å². The first-order chi connectivity index (χ1) is 12.9. The van der Waals surface area contributed by atoms with Crippen molar-refractivity contribution < 1.29 is 9.59 Å². The number of likely N-dealkylation sites (tertiary alicyclic amines) is 1. The van der Waals surface area contributed by atoms with Crippen molar-refractivity contribution in [2.75, 3.05) is 33.7 Å². The number of amides is 2. The molecule has 3 unspecified atom stereocenters. The zero-order chi connectivity index (χ0) is 19.4. The largest absolute Gasteiger partial charge is 0.349 e. The molecular formula is C22H33N3O2. The number of aryl methyl sites for hydroxylation is 1. The number of fused-ring (bicyclic) bond motifs is 2. The maximum Gasteiger partial charge on any atom is 0.227 e. The molecule has 2 amide bonds. The van der Waals surface area contributed by atoms with Crippen molar-refractivity contribution in [1.82, 2.24) is 15.1 Å². The van der Waals surface area contributed by atoms with Crippen LogP contribution in [0.4, 0.5) is 0 Å². The highest BCUT2D eigenvalue weighted by Crippen LogP contribution is 2.30. The minimum absolute atomic E-state index is 0.197. The van der Waals surface area contributed by atoms with Gasteiger partial charge in [-0.05, 0) is 55.7 Å². The van der Waals surface area contributed by atoms with E-state index in [1.165, 1.54) is 12.0 Å². The van der Waals surface area contributed by atoms with Crippen molar-refractivity contribution in [2.24, 2.45) is 11.8 Å². The summed E-state index contributed by atoms with van der Waals surface area (Å²) in [5.74, 6) is 1.52. The Balaban J connectivity index is 1.54. The molecule has 148 valence electrons. The second-order valence-electron chi connectivity index (χ2n) is 8.46. The molecule has 5 heteroatoms. The number of carbonyl (C=O) groups excluding carboxylic acids is 2. The van der Waals surface area contributed by atoms with Gasteiger partial charge in [-0.3, -0.25) is 9.59 Å². The van der Waals surface area contributed by atoms with Crippen LogP contribution in [0, 0.1) is 18.8 Å². The summed E-state index contributed by atoms with van der Waals surface area (Å²) < 4.78 is 0. The van der Waals surface area contributed by atoms with Crippen LogP contribution >= 0.6 is 0 Å². The topological polar surface area (TPSA) is 52.7 Å². The lowest BCUT2D eigenvalue weighted by Crippen LogP contribution is -2.57. The first-order valence-corrected chi connectivity index (χ1v) is 10.2. The summed E-state index contributed by atoms with van der Waals surface area (Å²) in [6, 6.07) is 8.58. The van der Waals surface area contributed by atoms with Gasteiger partial charge in [0.25, 0.3) is 0 Å². The van der Waals surface area contributed by atoms with Gasteiger partial charge in [0.05, 0.1) is 6.42 Å². The normalized spacial score (nSPS) is 24.6. The first-order valence-electron chi connectivity index (χ1n) is 10.2. The molecule has 2 aliphatic heterocycles. The fourth-order valence-electron chi connectivity index (χ4n) is 4.49. The molecule has 3 rings (SSSR count). The molecule has 5 nitrogen and oxygen atoms in total. The van der Waals surface area contributed by atoms with Crippen LogP contribution < -0.4 is 5.32 Å². The van der Waals surface area contributed by atoms with Crippen LogP contribution in [0.3, 0.4) is 0 Å². The maximum atomic E-state index is 12.9. The summed E-state index contributed by atoms with van der Waals surface area (Å²) in [5, 5.41) is 3.68. The fraction of sp³-hybridized carbons (Fsp3) is 0.636. The van der Waals surface area contributed by atoms with Crippen molar-refractivity contribution in [2.45, 2.75) is 45.1 Å². The number of nitrogens with zero attached hydrogens (tertiary/aromatic N) is 2. The second kappa shape index (κ2) is 8.87. The van der Waals surface area contributed by atoms with Crippen LogP contribution in [0.25, 0.3) is 0 Å². The minimum Gasteiger partial charge on any atom is -0.349 e. The van der Waals surface area contributed by atoms with Gasteiger partial charge in [-0.2, -0.15) is 0 Å². The van der Waals surface area contributed by atoms with Crippen molar-refractivity contribution >= 4 is 11.8 Å². The molecule has 3 atom stereocenters. The average Bonchev–Trinajstić information content (AvgIpc) is 2.65. The molecule has 0 saturated carbocycles. The molecule has 27 heavy (non-hydrogen) atoms. The van der Waals surface area contributed by atoms with E-state index in [0.717, 1.165) is 38.0 Å². The van der Waals surface area contributed by atoms with Gasteiger partial charge in [-0.25, -0.2) is 0 Å². The third-order valence-electron chi connectivity index (χ3n) is 6.17. The van der Waals surface area contributed by atoms with Gasteiger partial charge in [0.15, 0.2) is 0 Å². The lowest BCUT2D eigenvalue weighted by atomic mass is 9.79. The second-order valence-corrected chi connectivity index (χ2v) is 8.46. The molecule has 2 fully saturated rings. The predicted octanol–water partition coefficient (Wildman–Crippen LogP) is 2.23. The smallest absolute Gasteiger partial charge is 0.227 e. The molecule has 2 saturated heterocycles. The number of piperidine rings is 2. The number of hydrogen-bond acceptors (Lipinski definition) is 3. The summed E-state index contributed by atoms with van der Waals surface area (Å²) in [6.07, 6.45) is 4.23. The van der Waals surface area contributed by atoms with Gasteiger partial charge in [-0.1, -0.05) is 24.3 Å². The zero-order valence-electron chi connectivity index (χ0n) is 16.9. The van der Waals surface area contributed by atoms with E-state index >= 15 is 0 Å². The third kappa shape index (κ3) is 5.10. The molecule has 1 N–H and O–H groups in total. The lowest BCUT2D eigenvalue weighted by Gasteiger charge is -2.46. The highest BCUT2D eigenvalue weighted by molar-refractivity contribution is 5.79. The minimum atomic E-state index is 0.197. The molecule has 0 aromatic heterocycles. The Morgan fingerprint density at radius 3 is 2.74 bits per heavy atom. The van der Waals surface area contributed by atoms with Crippen LogP contribution in [0.15, 0.2) is 24.3 Å². The van der Waals surface area contributed by atoms with Gasteiger partial charge in [0.1, 0.15) is 0 Å². The Kier molecular flexibility index (Phi) is 6.53. The predicted molar refractivity (Wildman–Crippen MR) is 107 cm³/mol. The van der Waals surface area contributed by atoms with E-state index in [9.17, 15) is 9.59 Å². The van der Waals surface area contributed by atoms with Gasteiger partial charge >= 0.3 is 0 Å². The highest BCUT2D eigenvalue weighted by Gasteiger charge is 2.37. The Labute approximate surface area is 163 Å². The maximum absolute atomic E-state index is 12.9. The third-order valence-corrected chi connectivity index (χ3v) is 6.17. The van der Waals surface area contributed by atoms with E-state index in [1.54, 1.807) is 4.90 Å². The Hall–Kier alpha value is -1.88. The van der Waals surface area contributed by atoms with Crippen LogP contribution in [-0.2, 0) is 16.0 Å². The summed E-state index contributed by atoms with van der Waals surface area (Å²) >= 11 is 0. The van der Waals surface area contributed by atoms with Crippen LogP contribution in [-0.4, -0.2) is 61.4 Å². The molecule has 0 spiro atoms. The number of nitrogens with one attached hydrogen (secondary N) is 1. The quantitative estimate of drug-likeness (QED) is 0.834. The SMILES string of the molecule is Cc1ccccc1CC(=O)N1CC2CNC(CCCC(=O)N(C)C)C(C2)C1. The first kappa shape index (κ1) is 19.9. The van der Waals surface area contributed by atoms with Crippen molar-refractivity contribution in [3.8, 4) is 0 Å². The molecule has 2 bridgehead atoms. The van der Waals surface area contributed by atoms with Crippen LogP contribution in [0.1, 0.15) is 36.8 Å². The standard InChI is InChI=1S/C22H33N3O2/c1-16-7-4-5-8-18(16)12-22(27)25-14-17-11-19(15-25)20(23-13-17)9-6-10-21(26)24(2)3/h4-5,7-8,17,19-20,23H,6,9-15H2,1-3H3. The summed E-state index contributed by atoms with van der Waals surface area (Å²) in [4.78, 5) is 28.4. The number of carbonyl (C=O) groups is 2.